The van der Waals surface area contributed by atoms with Gasteiger partial charge in [0.1, 0.15) is 23.7 Å². The summed E-state index contributed by atoms with van der Waals surface area (Å²) in [6.45, 7) is 2.90. The van der Waals surface area contributed by atoms with Crippen molar-refractivity contribution in [1.82, 2.24) is 0 Å². The highest BCUT2D eigenvalue weighted by atomic mass is 16.6. The SMILES string of the molecule is CCc1cc2c(COC(=O)COc3ccc(C(C)=O)cc3)cc(=O)oc2cc1O. The standard InChI is InChI=1S/C22H20O7/c1-3-14-8-18-16(9-21(25)29-20(18)10-19(14)24)11-28-22(26)12-27-17-6-4-15(5-7-17)13(2)23/h4-10,24H,3,11-12H2,1-2H3. The van der Waals surface area contributed by atoms with Crippen LogP contribution < -0.4 is 10.4 Å². The van der Waals surface area contributed by atoms with Gasteiger partial charge in [0.05, 0.1) is 0 Å². The van der Waals surface area contributed by atoms with E-state index in [9.17, 15) is 19.5 Å². The molecule has 0 amide bonds. The van der Waals surface area contributed by atoms with Gasteiger partial charge in [-0.15, -0.1) is 0 Å². The van der Waals surface area contributed by atoms with Crippen molar-refractivity contribution in [2.45, 2.75) is 26.9 Å². The molecular formula is C22H20O7. The zero-order valence-corrected chi connectivity index (χ0v) is 16.1. The summed E-state index contributed by atoms with van der Waals surface area (Å²) in [5, 5.41) is 10.5. The van der Waals surface area contributed by atoms with Crippen molar-refractivity contribution in [3.8, 4) is 11.5 Å². The van der Waals surface area contributed by atoms with Gasteiger partial charge in [0.2, 0.25) is 0 Å². The van der Waals surface area contributed by atoms with Crippen molar-refractivity contribution < 1.29 is 28.6 Å². The van der Waals surface area contributed by atoms with Gasteiger partial charge in [-0.2, -0.15) is 0 Å². The third-order valence-corrected chi connectivity index (χ3v) is 4.42. The first-order chi connectivity index (χ1) is 13.9. The van der Waals surface area contributed by atoms with E-state index in [-0.39, 0.29) is 30.3 Å². The molecular weight excluding hydrogens is 376 g/mol. The number of esters is 1. The number of hydrogen-bond acceptors (Lipinski definition) is 7. The average molecular weight is 396 g/mol. The van der Waals surface area contributed by atoms with Crippen molar-refractivity contribution in [3.05, 3.63) is 69.6 Å². The molecule has 0 aliphatic carbocycles. The molecule has 0 unspecified atom stereocenters. The van der Waals surface area contributed by atoms with Crippen LogP contribution in [0.1, 0.15) is 35.3 Å². The van der Waals surface area contributed by atoms with Gasteiger partial charge in [-0.05, 0) is 49.2 Å². The van der Waals surface area contributed by atoms with Crippen molar-refractivity contribution in [1.29, 1.82) is 0 Å². The Morgan fingerprint density at radius 2 is 1.79 bits per heavy atom. The number of aromatic hydroxyl groups is 1. The molecule has 0 spiro atoms. The second-order valence-electron chi connectivity index (χ2n) is 6.45. The molecule has 2 aromatic carbocycles. The van der Waals surface area contributed by atoms with E-state index < -0.39 is 11.6 Å². The van der Waals surface area contributed by atoms with Crippen LogP contribution in [0, 0.1) is 0 Å². The summed E-state index contributed by atoms with van der Waals surface area (Å²) in [7, 11) is 0. The molecule has 7 heteroatoms. The Labute approximate surface area is 166 Å². The third-order valence-electron chi connectivity index (χ3n) is 4.42. The number of carbonyl (C=O) groups excluding carboxylic acids is 2. The number of phenolic OH excluding ortho intramolecular Hbond substituents is 1. The van der Waals surface area contributed by atoms with Gasteiger partial charge in [0.25, 0.3) is 0 Å². The Morgan fingerprint density at radius 3 is 2.45 bits per heavy atom. The first-order valence-corrected chi connectivity index (χ1v) is 9.05. The molecule has 1 N–H and O–H groups in total. The highest BCUT2D eigenvalue weighted by molar-refractivity contribution is 5.94. The first-order valence-electron chi connectivity index (χ1n) is 9.05. The number of Topliss-reactive ketones (excluding diaryl/α,β-unsaturated/α-hetero) is 1. The number of phenols is 1. The Balaban J connectivity index is 1.67. The number of aryl methyl sites for hydroxylation is 1. The molecule has 0 fully saturated rings. The van der Waals surface area contributed by atoms with Crippen LogP contribution in [-0.4, -0.2) is 23.5 Å². The maximum atomic E-state index is 12.0. The quantitative estimate of drug-likeness (QED) is 0.371. The summed E-state index contributed by atoms with van der Waals surface area (Å²) in [4.78, 5) is 35.0. The van der Waals surface area contributed by atoms with Crippen LogP contribution >= 0.6 is 0 Å². The van der Waals surface area contributed by atoms with E-state index in [1.54, 1.807) is 30.3 Å². The lowest BCUT2D eigenvalue weighted by Gasteiger charge is -2.10. The van der Waals surface area contributed by atoms with Crippen LogP contribution in [-0.2, 0) is 22.6 Å². The number of fused-ring (bicyclic) bond motifs is 1. The molecule has 0 bridgehead atoms. The van der Waals surface area contributed by atoms with Crippen LogP contribution in [0.25, 0.3) is 11.0 Å². The summed E-state index contributed by atoms with van der Waals surface area (Å²) in [6.07, 6.45) is 0.594. The van der Waals surface area contributed by atoms with E-state index in [1.165, 1.54) is 19.1 Å². The maximum absolute atomic E-state index is 12.0. The molecule has 0 saturated carbocycles. The minimum Gasteiger partial charge on any atom is -0.508 e. The first kappa shape index (κ1) is 20.1. The van der Waals surface area contributed by atoms with Crippen molar-refractivity contribution >= 4 is 22.7 Å². The van der Waals surface area contributed by atoms with Crippen LogP contribution in [0.4, 0.5) is 0 Å². The Hall–Kier alpha value is -3.61. The molecule has 1 aromatic heterocycles. The van der Waals surface area contributed by atoms with E-state index in [2.05, 4.69) is 0 Å². The second-order valence-corrected chi connectivity index (χ2v) is 6.45. The van der Waals surface area contributed by atoms with Gasteiger partial charge in [0, 0.05) is 28.6 Å². The summed E-state index contributed by atoms with van der Waals surface area (Å²) in [5.74, 6) is -0.200. The lowest BCUT2D eigenvalue weighted by atomic mass is 10.0. The lowest BCUT2D eigenvalue weighted by Crippen LogP contribution is -2.15. The summed E-state index contributed by atoms with van der Waals surface area (Å²) < 4.78 is 15.7. The van der Waals surface area contributed by atoms with Crippen molar-refractivity contribution in [2.75, 3.05) is 6.61 Å². The molecule has 7 nitrogen and oxygen atoms in total. The van der Waals surface area contributed by atoms with Gasteiger partial charge in [-0.1, -0.05) is 6.92 Å². The van der Waals surface area contributed by atoms with Crippen LogP contribution in [0.2, 0.25) is 0 Å². The maximum Gasteiger partial charge on any atom is 0.344 e. The van der Waals surface area contributed by atoms with E-state index in [0.717, 1.165) is 0 Å². The molecule has 3 aromatic rings. The van der Waals surface area contributed by atoms with Crippen LogP contribution in [0.5, 0.6) is 11.5 Å². The van der Waals surface area contributed by atoms with Gasteiger partial charge < -0.3 is 19.0 Å². The topological polar surface area (TPSA) is 103 Å². The minimum atomic E-state index is -0.614. The fraction of sp³-hybridized carbons (Fsp3) is 0.227. The predicted octanol–water partition coefficient (Wildman–Crippen LogP) is 3.39. The minimum absolute atomic E-state index is 0.0430. The average Bonchev–Trinajstić information content (AvgIpc) is 2.70. The monoisotopic (exact) mass is 396 g/mol. The molecule has 0 atom stereocenters. The van der Waals surface area contributed by atoms with Crippen molar-refractivity contribution in [2.24, 2.45) is 0 Å². The summed E-state index contributed by atoms with van der Waals surface area (Å²) in [6, 6.07) is 10.8. The zero-order valence-electron chi connectivity index (χ0n) is 16.1. The molecule has 150 valence electrons. The number of ketones is 1. The van der Waals surface area contributed by atoms with Crippen LogP contribution in [0.15, 0.2) is 51.7 Å². The molecule has 1 heterocycles. The van der Waals surface area contributed by atoms with E-state index in [4.69, 9.17) is 13.9 Å². The lowest BCUT2D eigenvalue weighted by molar-refractivity contribution is -0.147. The normalized spacial score (nSPS) is 10.7. The van der Waals surface area contributed by atoms with Gasteiger partial charge >= 0.3 is 11.6 Å². The number of hydrogen-bond donors (Lipinski definition) is 1. The Kier molecular flexibility index (Phi) is 5.97. The van der Waals surface area contributed by atoms with Gasteiger partial charge in [-0.25, -0.2) is 9.59 Å². The highest BCUT2D eigenvalue weighted by Gasteiger charge is 2.12. The third kappa shape index (κ3) is 4.82. The highest BCUT2D eigenvalue weighted by Crippen LogP contribution is 2.27. The number of benzene rings is 2. The van der Waals surface area contributed by atoms with Gasteiger partial charge in [0.15, 0.2) is 12.4 Å². The largest absolute Gasteiger partial charge is 0.508 e. The molecule has 0 aliphatic heterocycles. The molecule has 29 heavy (non-hydrogen) atoms. The number of carbonyl (C=O) groups is 2. The predicted molar refractivity (Wildman–Crippen MR) is 105 cm³/mol. The zero-order chi connectivity index (χ0) is 21.0. The summed E-state index contributed by atoms with van der Waals surface area (Å²) in [5.41, 5.74) is 1.34. The smallest absolute Gasteiger partial charge is 0.344 e. The molecule has 0 aliphatic rings. The molecule has 0 radical (unpaired) electrons. The fourth-order valence-electron chi connectivity index (χ4n) is 2.84. The van der Waals surface area contributed by atoms with E-state index >= 15 is 0 Å². The second kappa shape index (κ2) is 8.60. The fourth-order valence-corrected chi connectivity index (χ4v) is 2.84. The van der Waals surface area contributed by atoms with Crippen LogP contribution in [0.3, 0.4) is 0 Å². The number of ether oxygens (including phenoxy) is 2. The van der Waals surface area contributed by atoms with Crippen molar-refractivity contribution in [3.63, 3.8) is 0 Å². The van der Waals surface area contributed by atoms with E-state index in [1.807, 2.05) is 6.92 Å². The van der Waals surface area contributed by atoms with E-state index in [0.29, 0.717) is 34.2 Å². The summed E-state index contributed by atoms with van der Waals surface area (Å²) >= 11 is 0. The molecule has 0 saturated heterocycles. The Morgan fingerprint density at radius 1 is 1.07 bits per heavy atom. The number of rotatable bonds is 7. The van der Waals surface area contributed by atoms with Gasteiger partial charge in [-0.3, -0.25) is 4.79 Å². The Bertz CT molecular complexity index is 1110. The molecule has 3 rings (SSSR count).